The summed E-state index contributed by atoms with van der Waals surface area (Å²) in [5.41, 5.74) is 12.8. The molecular weight excluding hydrogens is 336 g/mol. The SMILES string of the molecule is CC1C(N)CCCN1C(=O)c1cc(-c2ccccc2)sc1NC(N)=O. The van der Waals surface area contributed by atoms with Gasteiger partial charge in [-0.3, -0.25) is 10.1 Å². The summed E-state index contributed by atoms with van der Waals surface area (Å²) in [5, 5.41) is 3.06. The number of primary amides is 1. The average Bonchev–Trinajstić information content (AvgIpc) is 3.00. The summed E-state index contributed by atoms with van der Waals surface area (Å²) in [6, 6.07) is 10.8. The average molecular weight is 358 g/mol. The van der Waals surface area contributed by atoms with Gasteiger partial charge >= 0.3 is 6.03 Å². The number of urea groups is 1. The number of piperidine rings is 1. The molecule has 3 rings (SSSR count). The minimum Gasteiger partial charge on any atom is -0.351 e. The fraction of sp³-hybridized carbons (Fsp3) is 0.333. The van der Waals surface area contributed by atoms with E-state index in [0.717, 1.165) is 23.3 Å². The molecule has 0 spiro atoms. The van der Waals surface area contributed by atoms with Crippen molar-refractivity contribution in [2.24, 2.45) is 11.5 Å². The van der Waals surface area contributed by atoms with E-state index in [0.29, 0.717) is 17.1 Å². The van der Waals surface area contributed by atoms with Crippen molar-refractivity contribution in [3.63, 3.8) is 0 Å². The van der Waals surface area contributed by atoms with E-state index in [4.69, 9.17) is 11.5 Å². The van der Waals surface area contributed by atoms with Crippen LogP contribution in [0.1, 0.15) is 30.1 Å². The van der Waals surface area contributed by atoms with Gasteiger partial charge in [0.1, 0.15) is 5.00 Å². The van der Waals surface area contributed by atoms with Crippen molar-refractivity contribution in [1.29, 1.82) is 0 Å². The number of carbonyl (C=O) groups is 2. The minimum absolute atomic E-state index is 0.0301. The van der Waals surface area contributed by atoms with Gasteiger partial charge in [-0.2, -0.15) is 0 Å². The zero-order chi connectivity index (χ0) is 18.0. The van der Waals surface area contributed by atoms with E-state index >= 15 is 0 Å². The lowest BCUT2D eigenvalue weighted by atomic mass is 9.97. The number of carbonyl (C=O) groups excluding carboxylic acids is 2. The van der Waals surface area contributed by atoms with Crippen LogP contribution < -0.4 is 16.8 Å². The number of likely N-dealkylation sites (tertiary alicyclic amines) is 1. The Bertz CT molecular complexity index is 775. The molecule has 0 bridgehead atoms. The zero-order valence-electron chi connectivity index (χ0n) is 14.1. The van der Waals surface area contributed by atoms with Gasteiger partial charge in [0.15, 0.2) is 0 Å². The van der Waals surface area contributed by atoms with Gasteiger partial charge in [0.25, 0.3) is 5.91 Å². The van der Waals surface area contributed by atoms with Crippen LogP contribution in [0.25, 0.3) is 10.4 Å². The molecule has 2 aromatic rings. The Morgan fingerprint density at radius 3 is 2.68 bits per heavy atom. The zero-order valence-corrected chi connectivity index (χ0v) is 14.9. The molecule has 1 fully saturated rings. The molecule has 132 valence electrons. The highest BCUT2D eigenvalue weighted by Crippen LogP contribution is 2.36. The normalized spacial score (nSPS) is 20.3. The summed E-state index contributed by atoms with van der Waals surface area (Å²) in [7, 11) is 0. The van der Waals surface area contributed by atoms with E-state index in [1.807, 2.05) is 43.3 Å². The third kappa shape index (κ3) is 3.67. The Kier molecular flexibility index (Phi) is 5.06. The van der Waals surface area contributed by atoms with Crippen LogP contribution >= 0.6 is 11.3 Å². The maximum Gasteiger partial charge on any atom is 0.317 e. The summed E-state index contributed by atoms with van der Waals surface area (Å²) in [4.78, 5) is 27.1. The number of nitrogens with zero attached hydrogens (tertiary/aromatic N) is 1. The monoisotopic (exact) mass is 358 g/mol. The predicted molar refractivity (Wildman–Crippen MR) is 101 cm³/mol. The third-order valence-electron chi connectivity index (χ3n) is 4.57. The first-order valence-corrected chi connectivity index (χ1v) is 9.11. The lowest BCUT2D eigenvalue weighted by molar-refractivity contribution is 0.0606. The molecule has 2 unspecified atom stereocenters. The fourth-order valence-electron chi connectivity index (χ4n) is 3.11. The quantitative estimate of drug-likeness (QED) is 0.786. The van der Waals surface area contributed by atoms with Crippen molar-refractivity contribution in [1.82, 2.24) is 4.90 Å². The molecule has 3 amide bonds. The number of amides is 3. The number of nitrogens with one attached hydrogen (secondary N) is 1. The molecule has 1 saturated heterocycles. The number of nitrogens with two attached hydrogens (primary N) is 2. The van der Waals surface area contributed by atoms with Crippen LogP contribution in [0.5, 0.6) is 0 Å². The largest absolute Gasteiger partial charge is 0.351 e. The van der Waals surface area contributed by atoms with Crippen molar-refractivity contribution in [2.75, 3.05) is 11.9 Å². The van der Waals surface area contributed by atoms with Crippen LogP contribution in [0.4, 0.5) is 9.80 Å². The summed E-state index contributed by atoms with van der Waals surface area (Å²) >= 11 is 1.34. The van der Waals surface area contributed by atoms with E-state index in [-0.39, 0.29) is 18.0 Å². The number of thiophene rings is 1. The van der Waals surface area contributed by atoms with Gasteiger partial charge in [-0.1, -0.05) is 30.3 Å². The number of benzene rings is 1. The molecule has 2 atom stereocenters. The fourth-order valence-corrected chi connectivity index (χ4v) is 4.17. The smallest absolute Gasteiger partial charge is 0.317 e. The van der Waals surface area contributed by atoms with Gasteiger partial charge in [0.2, 0.25) is 0 Å². The standard InChI is InChI=1S/C18H22N4O2S/c1-11-14(19)8-5-9-22(11)17(23)13-10-15(12-6-3-2-4-7-12)25-16(13)21-18(20)24/h2-4,6-7,10-11,14H,5,8-9,19H2,1H3,(H3,20,21,24). The number of hydrogen-bond donors (Lipinski definition) is 3. The molecular formula is C18H22N4O2S. The Morgan fingerprint density at radius 2 is 2.00 bits per heavy atom. The molecule has 1 aliphatic rings. The summed E-state index contributed by atoms with van der Waals surface area (Å²) in [6.07, 6.45) is 1.79. The summed E-state index contributed by atoms with van der Waals surface area (Å²) in [6.45, 7) is 2.63. The molecule has 0 radical (unpaired) electrons. The Labute approximate surface area is 150 Å². The van der Waals surface area contributed by atoms with Crippen molar-refractivity contribution in [3.05, 3.63) is 42.0 Å². The first-order valence-electron chi connectivity index (χ1n) is 8.29. The van der Waals surface area contributed by atoms with Crippen LogP contribution in [0.3, 0.4) is 0 Å². The topological polar surface area (TPSA) is 101 Å². The van der Waals surface area contributed by atoms with Crippen LogP contribution in [0.2, 0.25) is 0 Å². The van der Waals surface area contributed by atoms with Crippen molar-refractivity contribution < 1.29 is 9.59 Å². The van der Waals surface area contributed by atoms with Gasteiger partial charge < -0.3 is 16.4 Å². The lowest BCUT2D eigenvalue weighted by Crippen LogP contribution is -2.52. The second-order valence-electron chi connectivity index (χ2n) is 6.25. The summed E-state index contributed by atoms with van der Waals surface area (Å²) in [5.74, 6) is -0.121. The Morgan fingerprint density at radius 1 is 1.28 bits per heavy atom. The number of anilines is 1. The summed E-state index contributed by atoms with van der Waals surface area (Å²) < 4.78 is 0. The van der Waals surface area contributed by atoms with E-state index < -0.39 is 6.03 Å². The molecule has 1 aromatic heterocycles. The highest BCUT2D eigenvalue weighted by Gasteiger charge is 2.31. The van der Waals surface area contributed by atoms with E-state index in [1.54, 1.807) is 4.90 Å². The minimum atomic E-state index is -0.682. The van der Waals surface area contributed by atoms with Gasteiger partial charge in [-0.05, 0) is 31.4 Å². The Hall–Kier alpha value is -2.38. The highest BCUT2D eigenvalue weighted by atomic mass is 32.1. The van der Waals surface area contributed by atoms with Crippen molar-refractivity contribution >= 4 is 28.3 Å². The Balaban J connectivity index is 1.97. The molecule has 0 aliphatic carbocycles. The molecule has 25 heavy (non-hydrogen) atoms. The van der Waals surface area contributed by atoms with Gasteiger partial charge in [0.05, 0.1) is 5.56 Å². The van der Waals surface area contributed by atoms with Gasteiger partial charge in [0, 0.05) is 23.5 Å². The van der Waals surface area contributed by atoms with E-state index in [2.05, 4.69) is 5.32 Å². The second kappa shape index (κ2) is 7.25. The maximum absolute atomic E-state index is 13.1. The van der Waals surface area contributed by atoms with Crippen LogP contribution in [-0.2, 0) is 0 Å². The lowest BCUT2D eigenvalue weighted by Gasteiger charge is -2.37. The van der Waals surface area contributed by atoms with Crippen molar-refractivity contribution in [2.45, 2.75) is 31.8 Å². The maximum atomic E-state index is 13.1. The van der Waals surface area contributed by atoms with E-state index in [1.165, 1.54) is 11.3 Å². The number of rotatable bonds is 3. The van der Waals surface area contributed by atoms with Gasteiger partial charge in [-0.25, -0.2) is 4.79 Å². The van der Waals surface area contributed by atoms with E-state index in [9.17, 15) is 9.59 Å². The molecule has 7 heteroatoms. The third-order valence-corrected chi connectivity index (χ3v) is 5.67. The van der Waals surface area contributed by atoms with Crippen LogP contribution in [-0.4, -0.2) is 35.5 Å². The highest BCUT2D eigenvalue weighted by molar-refractivity contribution is 7.20. The first kappa shape index (κ1) is 17.4. The number of hydrogen-bond acceptors (Lipinski definition) is 4. The molecule has 0 saturated carbocycles. The van der Waals surface area contributed by atoms with Crippen LogP contribution in [0.15, 0.2) is 36.4 Å². The van der Waals surface area contributed by atoms with Gasteiger partial charge in [-0.15, -0.1) is 11.3 Å². The molecule has 1 aliphatic heterocycles. The molecule has 2 heterocycles. The van der Waals surface area contributed by atoms with Crippen LogP contribution in [0, 0.1) is 0 Å². The molecule has 5 N–H and O–H groups in total. The molecule has 6 nitrogen and oxygen atoms in total. The first-order chi connectivity index (χ1) is 12.0. The predicted octanol–water partition coefficient (Wildman–Crippen LogP) is 2.86. The van der Waals surface area contributed by atoms with Crippen molar-refractivity contribution in [3.8, 4) is 10.4 Å². The second-order valence-corrected chi connectivity index (χ2v) is 7.31. The molecule has 1 aromatic carbocycles.